The predicted octanol–water partition coefficient (Wildman–Crippen LogP) is 7.05. The fraction of sp³-hybridized carbons (Fsp3) is 0.538. The van der Waals surface area contributed by atoms with Crippen molar-refractivity contribution in [2.75, 3.05) is 13.2 Å². The number of halogens is 2. The minimum Gasteiger partial charge on any atom is -0.466 e. The zero-order valence-corrected chi connectivity index (χ0v) is 21.7. The fourth-order valence-corrected chi connectivity index (χ4v) is 5.50. The van der Waals surface area contributed by atoms with E-state index in [1.165, 1.54) is 5.69 Å². The van der Waals surface area contributed by atoms with Crippen LogP contribution in [0.15, 0.2) is 24.5 Å². The lowest BCUT2D eigenvalue weighted by Gasteiger charge is -2.25. The van der Waals surface area contributed by atoms with Crippen molar-refractivity contribution in [2.45, 2.75) is 72.1 Å². The van der Waals surface area contributed by atoms with Crippen molar-refractivity contribution in [1.29, 1.82) is 0 Å². The Kier molecular flexibility index (Phi) is 8.22. The first-order valence-corrected chi connectivity index (χ1v) is 13.1. The summed E-state index contributed by atoms with van der Waals surface area (Å²) in [5, 5.41) is 6.78. The molecule has 5 rings (SSSR count). The highest BCUT2D eigenvalue weighted by Crippen LogP contribution is 2.44. The molecule has 2 aliphatic heterocycles. The summed E-state index contributed by atoms with van der Waals surface area (Å²) in [5.41, 5.74) is 4.35. The van der Waals surface area contributed by atoms with Gasteiger partial charge in [0.1, 0.15) is 6.23 Å². The number of nitrogens with zero attached hydrogens (tertiary/aromatic N) is 3. The Bertz CT molecular complexity index is 1150. The molecule has 2 aliphatic rings. The van der Waals surface area contributed by atoms with Gasteiger partial charge in [-0.3, -0.25) is 4.79 Å². The summed E-state index contributed by atoms with van der Waals surface area (Å²) in [6.45, 7) is 7.73. The predicted molar refractivity (Wildman–Crippen MR) is 136 cm³/mol. The van der Waals surface area contributed by atoms with Crippen LogP contribution in [0.5, 0.6) is 0 Å². The van der Waals surface area contributed by atoms with Crippen LogP contribution in [0.3, 0.4) is 0 Å². The number of esters is 1. The second kappa shape index (κ2) is 11.1. The number of carbonyl (C=O) groups excluding carboxylic acids is 1. The molecule has 3 aromatic rings. The molecule has 0 bridgehead atoms. The maximum Gasteiger partial charge on any atom is 0.306 e. The van der Waals surface area contributed by atoms with E-state index in [1.54, 1.807) is 0 Å². The summed E-state index contributed by atoms with van der Waals surface area (Å²) in [6.07, 6.45) is 9.42. The summed E-state index contributed by atoms with van der Waals surface area (Å²) in [7, 11) is 0. The molecule has 0 amide bonds. The first-order chi connectivity index (χ1) is 16.6. The lowest BCUT2D eigenvalue weighted by atomic mass is 9.92. The van der Waals surface area contributed by atoms with E-state index in [0.717, 1.165) is 60.7 Å². The molecule has 8 heteroatoms. The van der Waals surface area contributed by atoms with Crippen molar-refractivity contribution in [3.8, 4) is 11.1 Å². The van der Waals surface area contributed by atoms with Gasteiger partial charge in [-0.15, -0.1) is 0 Å². The van der Waals surface area contributed by atoms with Crippen molar-refractivity contribution >= 4 is 40.1 Å². The maximum absolute atomic E-state index is 12.1. The molecule has 1 aromatic carbocycles. The van der Waals surface area contributed by atoms with E-state index in [0.29, 0.717) is 29.6 Å². The molecule has 6 nitrogen and oxygen atoms in total. The van der Waals surface area contributed by atoms with Crippen LogP contribution >= 0.6 is 23.2 Å². The summed E-state index contributed by atoms with van der Waals surface area (Å²) < 4.78 is 15.3. The first-order valence-electron chi connectivity index (χ1n) is 12.4. The van der Waals surface area contributed by atoms with Gasteiger partial charge in [-0.2, -0.15) is 5.10 Å². The van der Waals surface area contributed by atoms with Crippen LogP contribution in [0, 0.1) is 5.92 Å². The molecule has 0 saturated carbocycles. The van der Waals surface area contributed by atoms with E-state index in [9.17, 15) is 4.79 Å². The van der Waals surface area contributed by atoms with Gasteiger partial charge >= 0.3 is 5.97 Å². The number of hydrogen-bond donors (Lipinski definition) is 0. The minimum absolute atomic E-state index is 0.00537. The van der Waals surface area contributed by atoms with Gasteiger partial charge in [0.25, 0.3) is 0 Å². The number of ether oxygens (including phenoxy) is 2. The molecule has 184 valence electrons. The maximum atomic E-state index is 12.1. The summed E-state index contributed by atoms with van der Waals surface area (Å²) in [6, 6.07) is 3.89. The van der Waals surface area contributed by atoms with E-state index in [2.05, 4.69) is 15.9 Å². The lowest BCUT2D eigenvalue weighted by Crippen LogP contribution is -2.23. The van der Waals surface area contributed by atoms with Crippen LogP contribution < -0.4 is 0 Å². The summed E-state index contributed by atoms with van der Waals surface area (Å²) >= 11 is 13.1. The summed E-state index contributed by atoms with van der Waals surface area (Å²) in [5.74, 6) is 0.0638. The van der Waals surface area contributed by atoms with E-state index >= 15 is 0 Å². The van der Waals surface area contributed by atoms with Gasteiger partial charge in [-0.05, 0) is 51.0 Å². The summed E-state index contributed by atoms with van der Waals surface area (Å²) in [4.78, 5) is 12.1. The molecule has 2 atom stereocenters. The highest BCUT2D eigenvalue weighted by atomic mass is 35.5. The molecule has 0 spiro atoms. The molecule has 2 unspecified atom stereocenters. The molecule has 1 fully saturated rings. The van der Waals surface area contributed by atoms with Crippen LogP contribution in [0.4, 0.5) is 0 Å². The Morgan fingerprint density at radius 3 is 2.79 bits per heavy atom. The van der Waals surface area contributed by atoms with Crippen LogP contribution in [-0.2, 0) is 27.2 Å². The monoisotopic (exact) mass is 505 g/mol. The highest BCUT2D eigenvalue weighted by molar-refractivity contribution is 6.45. The molecule has 0 radical (unpaired) electrons. The normalized spacial score (nSPS) is 19.9. The number of hydrogen-bond acceptors (Lipinski definition) is 4. The lowest BCUT2D eigenvalue weighted by molar-refractivity contribution is -0.144. The number of benzene rings is 1. The number of aromatic nitrogens is 3. The Morgan fingerprint density at radius 2 is 2.06 bits per heavy atom. The second-order valence-electron chi connectivity index (χ2n) is 8.63. The third-order valence-corrected chi connectivity index (χ3v) is 7.35. The van der Waals surface area contributed by atoms with Gasteiger partial charge in [-0.1, -0.05) is 43.1 Å². The molecular weight excluding hydrogens is 473 g/mol. The average molecular weight is 506 g/mol. The average Bonchev–Trinajstić information content (AvgIpc) is 3.46. The second-order valence-corrected chi connectivity index (χ2v) is 9.42. The molecule has 1 saturated heterocycles. The van der Waals surface area contributed by atoms with Gasteiger partial charge in [0.05, 0.1) is 34.8 Å². The smallest absolute Gasteiger partial charge is 0.306 e. The van der Waals surface area contributed by atoms with Gasteiger partial charge in [-0.25, -0.2) is 4.68 Å². The SMILES string of the molecule is CC.CCOC(=O)CC1CCc2c(-c3cnn(C4CCCCO4)c3)c3ccc(Cl)c(Cl)c3n2C1. The van der Waals surface area contributed by atoms with Crippen LogP contribution in [0.1, 0.15) is 64.8 Å². The van der Waals surface area contributed by atoms with Crippen LogP contribution in [0.25, 0.3) is 22.0 Å². The quantitative estimate of drug-likeness (QED) is 0.348. The van der Waals surface area contributed by atoms with Crippen LogP contribution in [0.2, 0.25) is 10.0 Å². The first kappa shape index (κ1) is 25.1. The number of carbonyl (C=O) groups is 1. The van der Waals surface area contributed by atoms with Crippen molar-refractivity contribution < 1.29 is 14.3 Å². The molecule has 0 aliphatic carbocycles. The van der Waals surface area contributed by atoms with Crippen molar-refractivity contribution in [3.63, 3.8) is 0 Å². The van der Waals surface area contributed by atoms with Gasteiger partial charge in [0, 0.05) is 41.6 Å². The minimum atomic E-state index is -0.143. The highest BCUT2D eigenvalue weighted by Gasteiger charge is 2.29. The topological polar surface area (TPSA) is 58.3 Å². The van der Waals surface area contributed by atoms with Gasteiger partial charge < -0.3 is 14.0 Å². The van der Waals surface area contributed by atoms with Gasteiger partial charge in [0.2, 0.25) is 0 Å². The molecule has 2 aromatic heterocycles. The molecule has 34 heavy (non-hydrogen) atoms. The number of rotatable bonds is 5. The molecule has 4 heterocycles. The fourth-order valence-electron chi connectivity index (χ4n) is 5.08. The van der Waals surface area contributed by atoms with E-state index in [1.807, 2.05) is 43.8 Å². The molecule has 0 N–H and O–H groups in total. The third kappa shape index (κ3) is 4.86. The van der Waals surface area contributed by atoms with Crippen molar-refractivity contribution in [2.24, 2.45) is 5.92 Å². The Morgan fingerprint density at radius 1 is 1.24 bits per heavy atom. The Balaban J connectivity index is 0.00000133. The van der Waals surface area contributed by atoms with E-state index in [-0.39, 0.29) is 18.1 Å². The van der Waals surface area contributed by atoms with Gasteiger partial charge in [0.15, 0.2) is 0 Å². The Hall–Kier alpha value is -2.02. The Labute approximate surface area is 211 Å². The zero-order valence-electron chi connectivity index (χ0n) is 20.2. The molecular formula is C26H33Cl2N3O3. The number of fused-ring (bicyclic) bond motifs is 3. The third-order valence-electron chi connectivity index (χ3n) is 6.55. The van der Waals surface area contributed by atoms with Crippen molar-refractivity contribution in [3.05, 3.63) is 40.3 Å². The largest absolute Gasteiger partial charge is 0.466 e. The zero-order chi connectivity index (χ0) is 24.2. The van der Waals surface area contributed by atoms with Crippen molar-refractivity contribution in [1.82, 2.24) is 14.3 Å². The van der Waals surface area contributed by atoms with Crippen LogP contribution in [-0.4, -0.2) is 33.5 Å². The van der Waals surface area contributed by atoms with E-state index in [4.69, 9.17) is 32.7 Å². The van der Waals surface area contributed by atoms with E-state index < -0.39 is 0 Å². The standard InChI is InChI=1S/C24H27Cl2N3O3.C2H6/c1-2-31-21(30)11-15-6-9-19-22(16-12-27-29(14-16)20-5-3-4-10-32-20)17-7-8-18(25)23(26)24(17)28(19)13-15;1-2/h7-8,12,14-15,20H,2-6,9-11,13H2,1H3;1-2H3.